The van der Waals surface area contributed by atoms with Gasteiger partial charge < -0.3 is 4.57 Å². The van der Waals surface area contributed by atoms with Crippen LogP contribution in [0.25, 0.3) is 87.7 Å². The lowest BCUT2D eigenvalue weighted by molar-refractivity contribution is 1.08. The van der Waals surface area contributed by atoms with Crippen LogP contribution >= 0.6 is 0 Å². The minimum atomic E-state index is 0.816. The highest BCUT2D eigenvalue weighted by molar-refractivity contribution is 6.29. The van der Waals surface area contributed by atoms with E-state index in [1.807, 2.05) is 6.20 Å². The lowest BCUT2D eigenvalue weighted by Gasteiger charge is -2.12. The first kappa shape index (κ1) is 24.4. The summed E-state index contributed by atoms with van der Waals surface area (Å²) in [5.41, 5.74) is 8.89. The van der Waals surface area contributed by atoms with E-state index in [0.717, 1.165) is 44.3 Å². The van der Waals surface area contributed by atoms with Gasteiger partial charge in [0.1, 0.15) is 0 Å². The van der Waals surface area contributed by atoms with E-state index in [0.29, 0.717) is 0 Å². The molecule has 0 saturated heterocycles. The molecule has 0 amide bonds. The third-order valence-corrected chi connectivity index (χ3v) is 9.41. The molecule has 0 aliphatic rings. The fraction of sp³-hybridized carbons (Fsp3) is 0.0244. The lowest BCUT2D eigenvalue weighted by Crippen LogP contribution is -2.00. The highest BCUT2D eigenvalue weighted by Crippen LogP contribution is 2.42. The summed E-state index contributed by atoms with van der Waals surface area (Å²) in [5.74, 6) is 0.816. The first-order chi connectivity index (χ1) is 22.3. The summed E-state index contributed by atoms with van der Waals surface area (Å²) in [5, 5.41) is 9.56. The number of hydrogen-bond acceptors (Lipinski definition) is 2. The van der Waals surface area contributed by atoms with Crippen LogP contribution in [-0.4, -0.2) is 19.1 Å². The van der Waals surface area contributed by atoms with Crippen molar-refractivity contribution in [1.29, 1.82) is 0 Å². The molecule has 10 aromatic rings. The minimum absolute atomic E-state index is 0.816. The van der Waals surface area contributed by atoms with Crippen LogP contribution in [0, 0.1) is 6.92 Å². The second-order valence-corrected chi connectivity index (χ2v) is 11.9. The van der Waals surface area contributed by atoms with Gasteiger partial charge in [-0.2, -0.15) is 0 Å². The maximum absolute atomic E-state index is 5.39. The van der Waals surface area contributed by atoms with Crippen LogP contribution in [0.5, 0.6) is 0 Å². The van der Waals surface area contributed by atoms with Crippen molar-refractivity contribution < 1.29 is 0 Å². The quantitative estimate of drug-likeness (QED) is 0.193. The molecule has 0 atom stereocenters. The second-order valence-electron chi connectivity index (χ2n) is 11.9. The van der Waals surface area contributed by atoms with E-state index in [9.17, 15) is 0 Å². The minimum Gasteiger partial charge on any atom is -0.309 e. The molecule has 45 heavy (non-hydrogen) atoms. The van der Waals surface area contributed by atoms with Crippen molar-refractivity contribution >= 4 is 76.2 Å². The van der Waals surface area contributed by atoms with Gasteiger partial charge in [0, 0.05) is 38.0 Å². The molecule has 0 spiro atoms. The molecule has 0 bridgehead atoms. The van der Waals surface area contributed by atoms with E-state index >= 15 is 0 Å². The molecule has 0 aliphatic carbocycles. The summed E-state index contributed by atoms with van der Waals surface area (Å²) in [6, 6.07) is 47.8. The van der Waals surface area contributed by atoms with Gasteiger partial charge in [0.2, 0.25) is 0 Å². The standard InChI is InChI=1S/C41H26N4/c1-25-18-20-26(21-19-25)44-33-16-8-6-14-31(33)38-35(44)22-23-36-39(38)32-15-7-9-17-34(32)45(36)37-24-42-40-29-12-4-2-10-27(29)28-11-3-5-13-30(28)41(40)43-37/h2-24H,1H3. The third-order valence-electron chi connectivity index (χ3n) is 9.41. The van der Waals surface area contributed by atoms with Crippen molar-refractivity contribution in [2.75, 3.05) is 0 Å². The summed E-state index contributed by atoms with van der Waals surface area (Å²) in [6.45, 7) is 2.13. The fourth-order valence-electron chi connectivity index (χ4n) is 7.46. The molecule has 0 aliphatic heterocycles. The smallest absolute Gasteiger partial charge is 0.156 e. The molecule has 0 fully saturated rings. The SMILES string of the molecule is Cc1ccc(-n2c3ccccc3c3c4c5ccccc5n(-c5cnc6c7ccccc7c7ccccc7c6n5)c4ccc32)cc1. The van der Waals surface area contributed by atoms with Gasteiger partial charge in [0.25, 0.3) is 0 Å². The van der Waals surface area contributed by atoms with Crippen molar-refractivity contribution in [2.45, 2.75) is 6.92 Å². The van der Waals surface area contributed by atoms with Gasteiger partial charge in [-0.3, -0.25) is 9.55 Å². The van der Waals surface area contributed by atoms with Crippen LogP contribution < -0.4 is 0 Å². The monoisotopic (exact) mass is 574 g/mol. The van der Waals surface area contributed by atoms with Crippen molar-refractivity contribution in [3.63, 3.8) is 0 Å². The zero-order chi connectivity index (χ0) is 29.6. The Kier molecular flexibility index (Phi) is 4.89. The third kappa shape index (κ3) is 3.31. The number of aryl methyl sites for hydroxylation is 1. The number of aromatic nitrogens is 4. The molecule has 3 heterocycles. The summed E-state index contributed by atoms with van der Waals surface area (Å²) >= 11 is 0. The Morgan fingerprint density at radius 2 is 0.911 bits per heavy atom. The van der Waals surface area contributed by atoms with Gasteiger partial charge in [-0.1, -0.05) is 103 Å². The summed E-state index contributed by atoms with van der Waals surface area (Å²) in [7, 11) is 0. The zero-order valence-corrected chi connectivity index (χ0v) is 24.6. The number of nitrogens with zero attached hydrogens (tertiary/aromatic N) is 4. The Morgan fingerprint density at radius 1 is 0.422 bits per heavy atom. The molecular weight excluding hydrogens is 548 g/mol. The van der Waals surface area contributed by atoms with E-state index in [2.05, 4.69) is 150 Å². The van der Waals surface area contributed by atoms with E-state index in [1.54, 1.807) is 0 Å². The van der Waals surface area contributed by atoms with Gasteiger partial charge >= 0.3 is 0 Å². The van der Waals surface area contributed by atoms with Crippen LogP contribution in [0.2, 0.25) is 0 Å². The molecule has 3 aromatic heterocycles. The molecule has 4 nitrogen and oxygen atoms in total. The molecule has 210 valence electrons. The Morgan fingerprint density at radius 3 is 1.53 bits per heavy atom. The van der Waals surface area contributed by atoms with Crippen molar-refractivity contribution in [3.8, 4) is 11.5 Å². The largest absolute Gasteiger partial charge is 0.309 e. The Bertz CT molecular complexity index is 2780. The number of para-hydroxylation sites is 2. The maximum Gasteiger partial charge on any atom is 0.156 e. The molecule has 4 heteroatoms. The second kappa shape index (κ2) is 9.01. The van der Waals surface area contributed by atoms with Crippen molar-refractivity contribution in [1.82, 2.24) is 19.1 Å². The normalized spacial score (nSPS) is 12.1. The number of rotatable bonds is 2. The molecule has 0 saturated carbocycles. The summed E-state index contributed by atoms with van der Waals surface area (Å²) in [6.07, 6.45) is 1.94. The van der Waals surface area contributed by atoms with E-state index in [1.165, 1.54) is 48.9 Å². The molecule has 0 N–H and O–H groups in total. The highest BCUT2D eigenvalue weighted by atomic mass is 15.1. The molecule has 0 radical (unpaired) electrons. The molecule has 0 unspecified atom stereocenters. The molecule has 7 aromatic carbocycles. The van der Waals surface area contributed by atoms with Crippen LogP contribution in [0.15, 0.2) is 140 Å². The van der Waals surface area contributed by atoms with Crippen molar-refractivity contribution in [2.24, 2.45) is 0 Å². The van der Waals surface area contributed by atoms with Crippen LogP contribution in [0.4, 0.5) is 0 Å². The number of hydrogen-bond donors (Lipinski definition) is 0. The van der Waals surface area contributed by atoms with Crippen LogP contribution in [0.1, 0.15) is 5.56 Å². The van der Waals surface area contributed by atoms with Gasteiger partial charge in [0.15, 0.2) is 5.82 Å². The van der Waals surface area contributed by atoms with Gasteiger partial charge in [-0.15, -0.1) is 0 Å². The fourth-order valence-corrected chi connectivity index (χ4v) is 7.46. The topological polar surface area (TPSA) is 35.6 Å². The summed E-state index contributed by atoms with van der Waals surface area (Å²) in [4.78, 5) is 10.5. The van der Waals surface area contributed by atoms with Crippen LogP contribution in [-0.2, 0) is 0 Å². The lowest BCUT2D eigenvalue weighted by atomic mass is 10.00. The van der Waals surface area contributed by atoms with Crippen molar-refractivity contribution in [3.05, 3.63) is 145 Å². The predicted octanol–water partition coefficient (Wildman–Crippen LogP) is 10.4. The predicted molar refractivity (Wildman–Crippen MR) is 188 cm³/mol. The van der Waals surface area contributed by atoms with Gasteiger partial charge in [0.05, 0.1) is 39.3 Å². The van der Waals surface area contributed by atoms with Crippen LogP contribution in [0.3, 0.4) is 0 Å². The Hall–Kier alpha value is -6.00. The highest BCUT2D eigenvalue weighted by Gasteiger charge is 2.21. The van der Waals surface area contributed by atoms with E-state index in [4.69, 9.17) is 9.97 Å². The zero-order valence-electron chi connectivity index (χ0n) is 24.6. The average Bonchev–Trinajstić information content (AvgIpc) is 3.61. The van der Waals surface area contributed by atoms with Gasteiger partial charge in [-0.25, -0.2) is 4.98 Å². The molecule has 10 rings (SSSR count). The maximum atomic E-state index is 5.39. The first-order valence-corrected chi connectivity index (χ1v) is 15.4. The first-order valence-electron chi connectivity index (χ1n) is 15.4. The number of benzene rings is 7. The van der Waals surface area contributed by atoms with E-state index in [-0.39, 0.29) is 0 Å². The number of fused-ring (bicyclic) bond motifs is 13. The Labute approximate surface area is 258 Å². The molecular formula is C41H26N4. The van der Waals surface area contributed by atoms with E-state index < -0.39 is 0 Å². The summed E-state index contributed by atoms with van der Waals surface area (Å²) < 4.78 is 4.68. The Balaban J connectivity index is 1.34. The average molecular weight is 575 g/mol. The van der Waals surface area contributed by atoms with Gasteiger partial charge in [-0.05, 0) is 54.1 Å².